The second-order valence-corrected chi connectivity index (χ2v) is 9.18. The summed E-state index contributed by atoms with van der Waals surface area (Å²) < 4.78 is 42.7. The Morgan fingerprint density at radius 3 is 2.74 bits per heavy atom. The Bertz CT molecular complexity index is 1290. The molecule has 3 aliphatic rings. The van der Waals surface area contributed by atoms with E-state index in [0.717, 1.165) is 17.4 Å². The number of hydrogen-bond donors (Lipinski definition) is 4. The number of nitrogens with zero attached hydrogens (tertiary/aromatic N) is 4. The number of rotatable bonds is 4. The van der Waals surface area contributed by atoms with Crippen molar-refractivity contribution in [3.8, 4) is 0 Å². The van der Waals surface area contributed by atoms with Gasteiger partial charge in [0.15, 0.2) is 17.3 Å². The first-order chi connectivity index (χ1) is 16.3. The molecule has 1 amide bonds. The van der Waals surface area contributed by atoms with E-state index in [1.54, 1.807) is 0 Å². The topological polar surface area (TPSA) is 127 Å². The number of hydrogen-bond acceptors (Lipinski definition) is 7. The first kappa shape index (κ1) is 21.3. The summed E-state index contributed by atoms with van der Waals surface area (Å²) in [6, 6.07) is 2.14. The van der Waals surface area contributed by atoms with Gasteiger partial charge >= 0.3 is 0 Å². The maximum absolute atomic E-state index is 14.5. The molecule has 3 aromatic rings. The van der Waals surface area contributed by atoms with Gasteiger partial charge in [0.2, 0.25) is 0 Å². The maximum atomic E-state index is 14.5. The number of carbonyl (C=O) groups excluding carboxylic acids is 1. The molecule has 0 unspecified atom stereocenters. The number of alkyl halides is 1. The van der Waals surface area contributed by atoms with Gasteiger partial charge in [-0.25, -0.2) is 23.1 Å². The van der Waals surface area contributed by atoms with Crippen molar-refractivity contribution < 1.29 is 28.2 Å². The summed E-state index contributed by atoms with van der Waals surface area (Å²) in [5, 5.41) is 30.5. The molecule has 9 nitrogen and oxygen atoms in total. The Hall–Kier alpha value is -3.25. The highest BCUT2D eigenvalue weighted by molar-refractivity contribution is 6.08. The zero-order valence-corrected chi connectivity index (χ0v) is 17.7. The van der Waals surface area contributed by atoms with Crippen LogP contribution in [0.15, 0.2) is 24.5 Å². The second-order valence-electron chi connectivity index (χ2n) is 9.18. The number of nitrogens with one attached hydrogen (secondary N) is 2. The average Bonchev–Trinajstić information content (AvgIpc) is 3.22. The SMILES string of the molecule is O=C(c1[nH]nc2ncnc(N[C@H]3[C@H](O)[C@H](O)[C@@H]4C[C@@H]43)c12)N1C[C@@H](F)C[C@@H]1c1cccc(F)c1F. The van der Waals surface area contributed by atoms with E-state index in [9.17, 15) is 28.2 Å². The molecule has 2 saturated carbocycles. The number of amides is 1. The number of halogens is 3. The fraction of sp³-hybridized carbons (Fsp3) is 0.455. The Kier molecular flexibility index (Phi) is 4.78. The molecular weight excluding hydrogens is 453 g/mol. The Morgan fingerprint density at radius 1 is 1.15 bits per heavy atom. The van der Waals surface area contributed by atoms with Crippen LogP contribution in [0.4, 0.5) is 19.0 Å². The molecule has 34 heavy (non-hydrogen) atoms. The quantitative estimate of drug-likeness (QED) is 0.453. The Labute approximate surface area is 191 Å². The number of fused-ring (bicyclic) bond motifs is 2. The molecule has 0 radical (unpaired) electrons. The molecule has 7 atom stereocenters. The predicted octanol–water partition coefficient (Wildman–Crippen LogP) is 1.71. The minimum absolute atomic E-state index is 0.0169. The lowest BCUT2D eigenvalue weighted by Gasteiger charge is -2.25. The maximum Gasteiger partial charge on any atom is 0.273 e. The lowest BCUT2D eigenvalue weighted by atomic mass is 10.0. The van der Waals surface area contributed by atoms with Gasteiger partial charge in [-0.15, -0.1) is 0 Å². The summed E-state index contributed by atoms with van der Waals surface area (Å²) in [6.45, 7) is -0.298. The van der Waals surface area contributed by atoms with Crippen molar-refractivity contribution in [2.45, 2.75) is 43.3 Å². The van der Waals surface area contributed by atoms with Crippen LogP contribution < -0.4 is 5.32 Å². The normalized spacial score (nSPS) is 32.3. The van der Waals surface area contributed by atoms with E-state index in [1.165, 1.54) is 18.5 Å². The zero-order chi connectivity index (χ0) is 23.7. The lowest BCUT2D eigenvalue weighted by Crippen LogP contribution is -2.38. The fourth-order valence-corrected chi connectivity index (χ4v) is 5.46. The number of carbonyl (C=O) groups is 1. The number of aliphatic hydroxyl groups is 2. The monoisotopic (exact) mass is 474 g/mol. The van der Waals surface area contributed by atoms with E-state index in [0.29, 0.717) is 0 Å². The lowest BCUT2D eigenvalue weighted by molar-refractivity contribution is 0.0201. The van der Waals surface area contributed by atoms with Crippen LogP contribution in [-0.2, 0) is 0 Å². The summed E-state index contributed by atoms with van der Waals surface area (Å²) in [5.74, 6) is -2.53. The molecule has 2 aromatic heterocycles. The van der Waals surface area contributed by atoms with Crippen molar-refractivity contribution in [2.75, 3.05) is 11.9 Å². The van der Waals surface area contributed by atoms with Crippen molar-refractivity contribution in [2.24, 2.45) is 11.8 Å². The predicted molar refractivity (Wildman–Crippen MR) is 112 cm³/mol. The number of H-pyrrole nitrogens is 1. The molecule has 1 aromatic carbocycles. The molecule has 0 bridgehead atoms. The van der Waals surface area contributed by atoms with Crippen molar-refractivity contribution in [3.05, 3.63) is 47.4 Å². The van der Waals surface area contributed by atoms with E-state index in [1.807, 2.05) is 0 Å². The molecule has 4 N–H and O–H groups in total. The molecular formula is C22H21F3N6O3. The van der Waals surface area contributed by atoms with Crippen LogP contribution in [-0.4, -0.2) is 72.2 Å². The Balaban J connectivity index is 1.36. The van der Waals surface area contributed by atoms with Crippen LogP contribution in [0.2, 0.25) is 0 Å². The van der Waals surface area contributed by atoms with Crippen molar-refractivity contribution in [3.63, 3.8) is 0 Å². The molecule has 2 aliphatic carbocycles. The zero-order valence-electron chi connectivity index (χ0n) is 17.7. The summed E-state index contributed by atoms with van der Waals surface area (Å²) in [7, 11) is 0. The summed E-state index contributed by atoms with van der Waals surface area (Å²) >= 11 is 0. The van der Waals surface area contributed by atoms with Gasteiger partial charge in [-0.2, -0.15) is 5.10 Å². The number of aromatic nitrogens is 4. The van der Waals surface area contributed by atoms with Gasteiger partial charge in [-0.3, -0.25) is 9.89 Å². The smallest absolute Gasteiger partial charge is 0.273 e. The number of aromatic amines is 1. The van der Waals surface area contributed by atoms with Gasteiger partial charge in [-0.1, -0.05) is 12.1 Å². The van der Waals surface area contributed by atoms with Gasteiger partial charge in [0, 0.05) is 12.0 Å². The van der Waals surface area contributed by atoms with Crippen molar-refractivity contribution >= 4 is 22.8 Å². The highest BCUT2D eigenvalue weighted by Gasteiger charge is 2.59. The van der Waals surface area contributed by atoms with Crippen LogP contribution in [0.1, 0.15) is 34.9 Å². The first-order valence-electron chi connectivity index (χ1n) is 11.1. The summed E-state index contributed by atoms with van der Waals surface area (Å²) in [6.07, 6.45) is -1.39. The fourth-order valence-electron chi connectivity index (χ4n) is 5.46. The van der Waals surface area contributed by atoms with Crippen molar-refractivity contribution in [1.29, 1.82) is 0 Å². The molecule has 3 heterocycles. The van der Waals surface area contributed by atoms with Crippen LogP contribution in [0.3, 0.4) is 0 Å². The average molecular weight is 474 g/mol. The van der Waals surface area contributed by atoms with Gasteiger partial charge in [0.05, 0.1) is 30.1 Å². The molecule has 12 heteroatoms. The van der Waals surface area contributed by atoms with Gasteiger partial charge in [0.1, 0.15) is 30.1 Å². The third kappa shape index (κ3) is 3.16. The summed E-state index contributed by atoms with van der Waals surface area (Å²) in [4.78, 5) is 23.0. The molecule has 6 rings (SSSR count). The summed E-state index contributed by atoms with van der Waals surface area (Å²) in [5.41, 5.74) is 0.0369. The van der Waals surface area contributed by atoms with Gasteiger partial charge in [-0.05, 0) is 24.3 Å². The largest absolute Gasteiger partial charge is 0.390 e. The van der Waals surface area contributed by atoms with Crippen LogP contribution in [0, 0.1) is 23.5 Å². The number of benzene rings is 1. The third-order valence-electron chi connectivity index (χ3n) is 7.23. The minimum atomic E-state index is -1.42. The van der Waals surface area contributed by atoms with Gasteiger partial charge in [0.25, 0.3) is 5.91 Å². The third-order valence-corrected chi connectivity index (χ3v) is 7.23. The van der Waals surface area contributed by atoms with E-state index >= 15 is 0 Å². The van der Waals surface area contributed by atoms with Gasteiger partial charge < -0.3 is 20.4 Å². The van der Waals surface area contributed by atoms with E-state index in [4.69, 9.17) is 0 Å². The van der Waals surface area contributed by atoms with E-state index < -0.39 is 48.0 Å². The first-order valence-corrected chi connectivity index (χ1v) is 11.1. The standard InChI is InChI=1S/C22H21F3N6O3/c23-8-4-13(9-2-1-3-12(24)15(9)25)31(6-8)22(34)17-14-20(26-7-27-21(14)30-29-17)28-16-10-5-11(10)18(32)19(16)33/h1-3,7-8,10-11,13,16,18-19,32-33H,4-6H2,(H2,26,27,28,29,30)/t8-,10-,11+,13+,16+,18+,19-/m0/s1. The van der Waals surface area contributed by atoms with Crippen LogP contribution in [0.25, 0.3) is 11.0 Å². The van der Waals surface area contributed by atoms with E-state index in [-0.39, 0.29) is 52.9 Å². The second kappa shape index (κ2) is 7.64. The number of likely N-dealkylation sites (tertiary alicyclic amines) is 1. The van der Waals surface area contributed by atoms with Crippen LogP contribution >= 0.6 is 0 Å². The molecule has 178 valence electrons. The number of aliphatic hydroxyl groups excluding tert-OH is 2. The minimum Gasteiger partial charge on any atom is -0.390 e. The molecule has 1 aliphatic heterocycles. The highest BCUT2D eigenvalue weighted by atomic mass is 19.2. The van der Waals surface area contributed by atoms with Crippen molar-refractivity contribution in [1.82, 2.24) is 25.1 Å². The molecule has 1 saturated heterocycles. The number of anilines is 1. The van der Waals surface area contributed by atoms with E-state index in [2.05, 4.69) is 25.5 Å². The van der Waals surface area contributed by atoms with Crippen LogP contribution in [0.5, 0.6) is 0 Å². The highest BCUT2D eigenvalue weighted by Crippen LogP contribution is 2.53. The molecule has 0 spiro atoms. The molecule has 3 fully saturated rings. The Morgan fingerprint density at radius 2 is 1.97 bits per heavy atom.